The lowest BCUT2D eigenvalue weighted by Gasteiger charge is -2.15. The fraction of sp³-hybridized carbons (Fsp3) is 1.00. The van der Waals surface area contributed by atoms with Gasteiger partial charge in [0, 0.05) is 14.2 Å². The van der Waals surface area contributed by atoms with Crippen LogP contribution in [0.15, 0.2) is 0 Å². The van der Waals surface area contributed by atoms with Crippen LogP contribution >= 0.6 is 7.82 Å². The molecule has 0 aromatic rings. The van der Waals surface area contributed by atoms with Gasteiger partial charge in [-0.25, -0.2) is 4.57 Å². The quantitative estimate of drug-likeness (QED) is 0.163. The second-order valence-corrected chi connectivity index (χ2v) is 9.36. The van der Waals surface area contributed by atoms with E-state index in [1.165, 1.54) is 97.7 Å². The fourth-order valence-corrected chi connectivity index (χ4v) is 3.89. The Balaban J connectivity index is 3.29. The van der Waals surface area contributed by atoms with E-state index in [1.807, 2.05) is 0 Å². The minimum Gasteiger partial charge on any atom is -0.393 e. The molecule has 164 valence electrons. The second-order valence-electron chi connectivity index (χ2n) is 7.47. The Kier molecular flexibility index (Phi) is 19.4. The lowest BCUT2D eigenvalue weighted by atomic mass is 10.0. The van der Waals surface area contributed by atoms with Gasteiger partial charge in [0.15, 0.2) is 0 Å². The van der Waals surface area contributed by atoms with E-state index in [9.17, 15) is 9.67 Å². The maximum Gasteiger partial charge on any atom is 0.474 e. The van der Waals surface area contributed by atoms with Gasteiger partial charge in [-0.3, -0.25) is 13.6 Å². The number of rotatable bonds is 21. The molecule has 0 radical (unpaired) electrons. The van der Waals surface area contributed by atoms with Gasteiger partial charge in [0.2, 0.25) is 0 Å². The molecule has 5 nitrogen and oxygen atoms in total. The molecule has 0 aliphatic rings. The summed E-state index contributed by atoms with van der Waals surface area (Å²) in [6.07, 6.45) is 19.5. The Labute approximate surface area is 168 Å². The molecule has 0 amide bonds. The zero-order valence-corrected chi connectivity index (χ0v) is 19.0. The van der Waals surface area contributed by atoms with E-state index < -0.39 is 13.9 Å². The van der Waals surface area contributed by atoms with Crippen molar-refractivity contribution in [3.63, 3.8) is 0 Å². The second kappa shape index (κ2) is 19.4. The summed E-state index contributed by atoms with van der Waals surface area (Å²) >= 11 is 0. The molecule has 0 fully saturated rings. The van der Waals surface area contributed by atoms with Crippen molar-refractivity contribution >= 4 is 7.82 Å². The van der Waals surface area contributed by atoms with Crippen molar-refractivity contribution in [2.45, 2.75) is 116 Å². The molecule has 0 aromatic heterocycles. The zero-order valence-electron chi connectivity index (χ0n) is 18.1. The highest BCUT2D eigenvalue weighted by Crippen LogP contribution is 2.47. The van der Waals surface area contributed by atoms with Crippen LogP contribution in [0.25, 0.3) is 0 Å². The van der Waals surface area contributed by atoms with Gasteiger partial charge in [0.1, 0.15) is 0 Å². The number of unbranched alkanes of at least 4 members (excludes halogenated alkanes) is 13. The molecule has 0 spiro atoms. The van der Waals surface area contributed by atoms with Gasteiger partial charge in [-0.05, 0) is 12.8 Å². The summed E-state index contributed by atoms with van der Waals surface area (Å²) in [6, 6.07) is 0. The maximum atomic E-state index is 11.7. The predicted molar refractivity (Wildman–Crippen MR) is 113 cm³/mol. The van der Waals surface area contributed by atoms with Crippen molar-refractivity contribution in [3.8, 4) is 0 Å². The van der Waals surface area contributed by atoms with E-state index in [2.05, 4.69) is 16.0 Å². The van der Waals surface area contributed by atoms with Crippen LogP contribution in [0.3, 0.4) is 0 Å². The van der Waals surface area contributed by atoms with Crippen LogP contribution < -0.4 is 0 Å². The van der Waals surface area contributed by atoms with Crippen LogP contribution in [0.4, 0.5) is 0 Å². The molecule has 0 aromatic carbocycles. The maximum absolute atomic E-state index is 11.7. The third-order valence-electron chi connectivity index (χ3n) is 5.04. The summed E-state index contributed by atoms with van der Waals surface area (Å²) in [5, 5.41) is 9.93. The molecule has 1 N–H and O–H groups in total. The first-order valence-electron chi connectivity index (χ1n) is 11.1. The molecule has 0 bridgehead atoms. The molecule has 1 unspecified atom stereocenters. The zero-order chi connectivity index (χ0) is 20.2. The van der Waals surface area contributed by atoms with Crippen molar-refractivity contribution < 1.29 is 23.2 Å². The Morgan fingerprint density at radius 2 is 1.11 bits per heavy atom. The summed E-state index contributed by atoms with van der Waals surface area (Å²) in [5.74, 6) is 0. The topological polar surface area (TPSA) is 65.0 Å². The van der Waals surface area contributed by atoms with Crippen molar-refractivity contribution in [3.05, 3.63) is 0 Å². The van der Waals surface area contributed by atoms with Crippen molar-refractivity contribution in [2.24, 2.45) is 0 Å². The van der Waals surface area contributed by atoms with E-state index in [1.54, 1.807) is 0 Å². The summed E-state index contributed by atoms with van der Waals surface area (Å²) in [4.78, 5) is 0. The van der Waals surface area contributed by atoms with Crippen LogP contribution in [0, 0.1) is 0 Å². The highest BCUT2D eigenvalue weighted by molar-refractivity contribution is 7.48. The van der Waals surface area contributed by atoms with Gasteiger partial charge < -0.3 is 5.11 Å². The molecule has 0 saturated heterocycles. The first kappa shape index (κ1) is 27.1. The molecule has 0 aliphatic carbocycles. The van der Waals surface area contributed by atoms with E-state index in [0.29, 0.717) is 6.42 Å². The van der Waals surface area contributed by atoms with Crippen molar-refractivity contribution in [2.75, 3.05) is 20.8 Å². The molecular formula is C21H45O5P. The van der Waals surface area contributed by atoms with Gasteiger partial charge in [-0.15, -0.1) is 0 Å². The highest BCUT2D eigenvalue weighted by atomic mass is 31.2. The summed E-state index contributed by atoms with van der Waals surface area (Å²) in [6.45, 7) is 2.45. The summed E-state index contributed by atoms with van der Waals surface area (Å²) < 4.78 is 26.1. The van der Waals surface area contributed by atoms with Crippen molar-refractivity contribution in [1.29, 1.82) is 0 Å². The van der Waals surface area contributed by atoms with Gasteiger partial charge in [-0.1, -0.05) is 96.8 Å². The smallest absolute Gasteiger partial charge is 0.393 e. The lowest BCUT2D eigenvalue weighted by molar-refractivity contribution is 0.103. The van der Waals surface area contributed by atoms with E-state index in [4.69, 9.17) is 4.52 Å². The number of hydrogen-bond donors (Lipinski definition) is 1. The summed E-state index contributed by atoms with van der Waals surface area (Å²) in [5.41, 5.74) is 0. The van der Waals surface area contributed by atoms with E-state index >= 15 is 0 Å². The SMILES string of the molecule is CCCCCCCCCCCCCCCCC(O)CCOP(=O)(OC)OC. The molecule has 27 heavy (non-hydrogen) atoms. The lowest BCUT2D eigenvalue weighted by Crippen LogP contribution is -2.10. The molecule has 1 atom stereocenters. The predicted octanol–water partition coefficient (Wildman–Crippen LogP) is 7.03. The molecule has 6 heteroatoms. The van der Waals surface area contributed by atoms with Crippen LogP contribution in [0.1, 0.15) is 110 Å². The number of hydrogen-bond acceptors (Lipinski definition) is 5. The first-order valence-corrected chi connectivity index (χ1v) is 12.6. The summed E-state index contributed by atoms with van der Waals surface area (Å²) in [7, 11) is -0.836. The molecule has 0 rings (SSSR count). The Morgan fingerprint density at radius 1 is 0.704 bits per heavy atom. The Morgan fingerprint density at radius 3 is 1.52 bits per heavy atom. The van der Waals surface area contributed by atoms with E-state index in [0.717, 1.165) is 12.8 Å². The van der Waals surface area contributed by atoms with Crippen LogP contribution in [-0.4, -0.2) is 32.0 Å². The number of aliphatic hydroxyl groups is 1. The average Bonchev–Trinajstić information content (AvgIpc) is 2.68. The van der Waals surface area contributed by atoms with Crippen LogP contribution in [0.5, 0.6) is 0 Å². The molecule has 0 aliphatic heterocycles. The Hall–Kier alpha value is 0.0700. The monoisotopic (exact) mass is 408 g/mol. The molecular weight excluding hydrogens is 363 g/mol. The largest absolute Gasteiger partial charge is 0.474 e. The minimum atomic E-state index is -3.41. The minimum absolute atomic E-state index is 0.179. The number of phosphoric acid groups is 1. The third-order valence-corrected chi connectivity index (χ3v) is 6.43. The molecule has 0 saturated carbocycles. The molecule has 0 heterocycles. The normalized spacial score (nSPS) is 13.2. The standard InChI is InChI=1S/C21H45O5P/c1-4-5-6-7-8-9-10-11-12-13-14-15-16-17-18-21(22)19-20-26-27(23,24-2)25-3/h21-22H,4-20H2,1-3H3. The van der Waals surface area contributed by atoms with Gasteiger partial charge in [0.05, 0.1) is 12.7 Å². The average molecular weight is 409 g/mol. The van der Waals surface area contributed by atoms with Crippen LogP contribution in [-0.2, 0) is 18.1 Å². The fourth-order valence-electron chi connectivity index (χ4n) is 3.20. The Bertz CT molecular complexity index is 343. The van der Waals surface area contributed by atoms with Gasteiger partial charge in [0.25, 0.3) is 0 Å². The van der Waals surface area contributed by atoms with E-state index in [-0.39, 0.29) is 6.61 Å². The van der Waals surface area contributed by atoms with Crippen molar-refractivity contribution in [1.82, 2.24) is 0 Å². The number of phosphoric ester groups is 1. The third kappa shape index (κ3) is 17.9. The highest BCUT2D eigenvalue weighted by Gasteiger charge is 2.22. The number of aliphatic hydroxyl groups excluding tert-OH is 1. The van der Waals surface area contributed by atoms with Crippen LogP contribution in [0.2, 0.25) is 0 Å². The first-order chi connectivity index (χ1) is 13.1. The van der Waals surface area contributed by atoms with Gasteiger partial charge >= 0.3 is 7.82 Å². The van der Waals surface area contributed by atoms with Gasteiger partial charge in [-0.2, -0.15) is 0 Å².